The van der Waals surface area contributed by atoms with Gasteiger partial charge in [0.25, 0.3) is 0 Å². The van der Waals surface area contributed by atoms with Crippen LogP contribution in [0.5, 0.6) is 0 Å². The zero-order valence-electron chi connectivity index (χ0n) is 19.1. The maximum atomic E-state index is 12.8. The predicted octanol–water partition coefficient (Wildman–Crippen LogP) is 8.39. The number of rotatable bonds is 10. The Hall–Kier alpha value is -2.21. The average molecular weight is 464 g/mol. The van der Waals surface area contributed by atoms with E-state index in [2.05, 4.69) is 29.8 Å². The van der Waals surface area contributed by atoms with E-state index in [1.54, 1.807) is 30.8 Å². The van der Waals surface area contributed by atoms with Crippen molar-refractivity contribution in [3.8, 4) is 0 Å². The lowest BCUT2D eigenvalue weighted by Crippen LogP contribution is -2.09. The molecule has 0 saturated heterocycles. The summed E-state index contributed by atoms with van der Waals surface area (Å²) in [6, 6.07) is 0. The molecule has 2 aliphatic rings. The van der Waals surface area contributed by atoms with E-state index in [9.17, 15) is 13.2 Å². The first kappa shape index (κ1) is 26.0. The molecule has 1 saturated carbocycles. The molecule has 2 aliphatic carbocycles. The van der Waals surface area contributed by atoms with Crippen molar-refractivity contribution in [2.24, 2.45) is 4.99 Å². The van der Waals surface area contributed by atoms with Crippen molar-refractivity contribution in [3.63, 3.8) is 0 Å². The molecule has 2 nitrogen and oxygen atoms in total. The quantitative estimate of drug-likeness (QED) is 0.184. The minimum Gasteiger partial charge on any atom is -0.494 e. The van der Waals surface area contributed by atoms with E-state index >= 15 is 0 Å². The Kier molecular flexibility index (Phi) is 10.4. The minimum atomic E-state index is -4.46. The van der Waals surface area contributed by atoms with Gasteiger partial charge in [0.05, 0.1) is 6.61 Å². The van der Waals surface area contributed by atoms with E-state index in [1.807, 2.05) is 13.2 Å². The molecule has 0 aliphatic heterocycles. The summed E-state index contributed by atoms with van der Waals surface area (Å²) in [7, 11) is 0. The standard InChI is InChI=1S/C26H32F3NOS/c1-5-9-21(16-19(2)26(27,28)29)18-30-25(20(3)32-4)14-8-15-31-24-13-7-11-22-10-6-12-23(22)17-24/h5,9,11,13,16-18H,2,6-8,10,12,14-15H2,1,3-4H3/b9-5-,21-16+,25-20-,30-18-. The molecule has 0 aromatic carbocycles. The van der Waals surface area contributed by atoms with E-state index in [1.165, 1.54) is 23.8 Å². The minimum absolute atomic E-state index is 0.354. The van der Waals surface area contributed by atoms with Crippen molar-refractivity contribution in [2.75, 3.05) is 12.9 Å². The molecule has 0 bridgehead atoms. The Bertz CT molecular complexity index is 899. The second-order valence-corrected chi connectivity index (χ2v) is 8.70. The highest BCUT2D eigenvalue weighted by Crippen LogP contribution is 2.33. The van der Waals surface area contributed by atoms with Gasteiger partial charge in [0.2, 0.25) is 0 Å². The van der Waals surface area contributed by atoms with Gasteiger partial charge in [0.15, 0.2) is 0 Å². The second-order valence-electron chi connectivity index (χ2n) is 7.68. The summed E-state index contributed by atoms with van der Waals surface area (Å²) in [4.78, 5) is 5.54. The summed E-state index contributed by atoms with van der Waals surface area (Å²) in [6.07, 6.45) is 15.7. The molecule has 0 aromatic rings. The van der Waals surface area contributed by atoms with Crippen molar-refractivity contribution in [3.05, 3.63) is 81.7 Å². The average Bonchev–Trinajstić information content (AvgIpc) is 3.09. The summed E-state index contributed by atoms with van der Waals surface area (Å²) < 4.78 is 44.5. The highest BCUT2D eigenvalue weighted by Gasteiger charge is 2.30. The Morgan fingerprint density at radius 3 is 2.69 bits per heavy atom. The van der Waals surface area contributed by atoms with Crippen LogP contribution in [0.2, 0.25) is 0 Å². The van der Waals surface area contributed by atoms with E-state index in [0.717, 1.165) is 48.1 Å². The molecule has 0 unspecified atom stereocenters. The van der Waals surface area contributed by atoms with Gasteiger partial charge in [-0.25, -0.2) is 0 Å². The van der Waals surface area contributed by atoms with Crippen LogP contribution in [-0.4, -0.2) is 25.3 Å². The molecule has 0 amide bonds. The third-order valence-corrected chi connectivity index (χ3v) is 6.13. The first-order valence-electron chi connectivity index (χ1n) is 10.9. The van der Waals surface area contributed by atoms with Crippen LogP contribution >= 0.6 is 11.8 Å². The summed E-state index contributed by atoms with van der Waals surface area (Å²) in [5, 5.41) is 0. The number of hydrogen-bond donors (Lipinski definition) is 0. The number of alkyl halides is 3. The molecule has 0 spiro atoms. The van der Waals surface area contributed by atoms with Crippen LogP contribution in [0.15, 0.2) is 86.7 Å². The van der Waals surface area contributed by atoms with Crippen molar-refractivity contribution >= 4 is 18.0 Å². The van der Waals surface area contributed by atoms with Crippen LogP contribution in [-0.2, 0) is 4.74 Å². The van der Waals surface area contributed by atoms with E-state index in [-0.39, 0.29) is 0 Å². The molecule has 174 valence electrons. The molecule has 0 radical (unpaired) electrons. The highest BCUT2D eigenvalue weighted by atomic mass is 32.2. The summed E-state index contributed by atoms with van der Waals surface area (Å²) in [5.41, 5.74) is 3.15. The monoisotopic (exact) mass is 463 g/mol. The number of fused-ring (bicyclic) bond motifs is 1. The van der Waals surface area contributed by atoms with Gasteiger partial charge in [-0.1, -0.05) is 24.8 Å². The Morgan fingerprint density at radius 2 is 2.00 bits per heavy atom. The largest absolute Gasteiger partial charge is 0.494 e. The van der Waals surface area contributed by atoms with Gasteiger partial charge in [-0.05, 0) is 93.6 Å². The molecular weight excluding hydrogens is 431 g/mol. The van der Waals surface area contributed by atoms with Crippen LogP contribution in [0.1, 0.15) is 52.4 Å². The summed E-state index contributed by atoms with van der Waals surface area (Å²) in [5.74, 6) is 0.924. The molecule has 32 heavy (non-hydrogen) atoms. The number of aliphatic imine (C=N–C) groups is 1. The predicted molar refractivity (Wildman–Crippen MR) is 131 cm³/mol. The topological polar surface area (TPSA) is 21.6 Å². The maximum Gasteiger partial charge on any atom is 0.415 e. The van der Waals surface area contributed by atoms with Crippen LogP contribution in [0, 0.1) is 0 Å². The van der Waals surface area contributed by atoms with Crippen LogP contribution in [0.4, 0.5) is 13.2 Å². The molecule has 0 heterocycles. The number of thioether (sulfide) groups is 1. The van der Waals surface area contributed by atoms with E-state index < -0.39 is 11.7 Å². The number of nitrogens with zero attached hydrogens (tertiary/aromatic N) is 1. The van der Waals surface area contributed by atoms with Crippen molar-refractivity contribution in [1.29, 1.82) is 0 Å². The second kappa shape index (κ2) is 12.7. The van der Waals surface area contributed by atoms with Gasteiger partial charge < -0.3 is 4.74 Å². The number of allylic oxidation sites excluding steroid dienone is 12. The molecule has 0 atom stereocenters. The number of halogens is 3. The highest BCUT2D eigenvalue weighted by molar-refractivity contribution is 8.02. The molecule has 2 rings (SSSR count). The lowest BCUT2D eigenvalue weighted by atomic mass is 10.1. The fraction of sp³-hybridized carbons (Fsp3) is 0.423. The van der Waals surface area contributed by atoms with Crippen LogP contribution in [0.25, 0.3) is 0 Å². The summed E-state index contributed by atoms with van der Waals surface area (Å²) >= 11 is 1.58. The normalized spacial score (nSPS) is 18.2. The van der Waals surface area contributed by atoms with Gasteiger partial charge in [-0.15, -0.1) is 11.8 Å². The lowest BCUT2D eigenvalue weighted by Gasteiger charge is -2.10. The zero-order chi connectivity index (χ0) is 23.6. The third-order valence-electron chi connectivity index (χ3n) is 5.28. The Morgan fingerprint density at radius 1 is 1.25 bits per heavy atom. The maximum absolute atomic E-state index is 12.8. The first-order chi connectivity index (χ1) is 15.2. The number of ether oxygens (including phenoxy) is 1. The Balaban J connectivity index is 1.99. The lowest BCUT2D eigenvalue weighted by molar-refractivity contribution is -0.0878. The van der Waals surface area contributed by atoms with E-state index in [4.69, 9.17) is 4.74 Å². The van der Waals surface area contributed by atoms with Crippen LogP contribution < -0.4 is 0 Å². The third kappa shape index (κ3) is 8.38. The molecule has 1 fully saturated rings. The van der Waals surface area contributed by atoms with Gasteiger partial charge in [-0.3, -0.25) is 4.99 Å². The van der Waals surface area contributed by atoms with Crippen molar-refractivity contribution < 1.29 is 17.9 Å². The smallest absolute Gasteiger partial charge is 0.415 e. The van der Waals surface area contributed by atoms with Gasteiger partial charge in [0.1, 0.15) is 5.76 Å². The molecule has 0 N–H and O–H groups in total. The SMILES string of the molecule is C=C(/C=C(\C=C/C)/C=N\C(CCCOC1=CCC=C2CCCC2=C1)=C(\C)SC)C(F)(F)F. The van der Waals surface area contributed by atoms with Gasteiger partial charge >= 0.3 is 6.18 Å². The molecule has 6 heteroatoms. The van der Waals surface area contributed by atoms with Crippen molar-refractivity contribution in [2.45, 2.75) is 58.5 Å². The van der Waals surface area contributed by atoms with E-state index in [0.29, 0.717) is 18.6 Å². The zero-order valence-corrected chi connectivity index (χ0v) is 19.9. The van der Waals surface area contributed by atoms with Crippen molar-refractivity contribution in [1.82, 2.24) is 0 Å². The van der Waals surface area contributed by atoms with Crippen LogP contribution in [0.3, 0.4) is 0 Å². The molecular formula is C26H32F3NOS. The fourth-order valence-electron chi connectivity index (χ4n) is 3.47. The molecule has 0 aromatic heterocycles. The summed E-state index contributed by atoms with van der Waals surface area (Å²) in [6.45, 7) is 7.40. The Labute approximate surface area is 194 Å². The fourth-order valence-corrected chi connectivity index (χ4v) is 3.86. The number of hydrogen-bond acceptors (Lipinski definition) is 3. The van der Waals surface area contributed by atoms with Gasteiger partial charge in [-0.2, -0.15) is 13.2 Å². The first-order valence-corrected chi connectivity index (χ1v) is 12.1. The van der Waals surface area contributed by atoms with Gasteiger partial charge in [0, 0.05) is 22.4 Å².